The van der Waals surface area contributed by atoms with E-state index in [0.29, 0.717) is 12.5 Å². The van der Waals surface area contributed by atoms with Gasteiger partial charge >= 0.3 is 16.4 Å². The zero-order valence-electron chi connectivity index (χ0n) is 16.3. The third-order valence-electron chi connectivity index (χ3n) is 4.78. The summed E-state index contributed by atoms with van der Waals surface area (Å²) in [6.45, 7) is 3.86. The minimum atomic E-state index is -4.85. The predicted molar refractivity (Wildman–Crippen MR) is 103 cm³/mol. The molecular weight excluding hydrogens is 425 g/mol. The number of hydrogen-bond acceptors (Lipinski definition) is 5. The highest BCUT2D eigenvalue weighted by Gasteiger charge is 2.36. The van der Waals surface area contributed by atoms with Gasteiger partial charge in [-0.15, -0.1) is 0 Å². The maximum absolute atomic E-state index is 13.6. The molecule has 3 rings (SSSR count). The van der Waals surface area contributed by atoms with Crippen molar-refractivity contribution in [2.24, 2.45) is 5.92 Å². The number of alkyl halides is 3. The number of aromatic nitrogens is 1. The van der Waals surface area contributed by atoms with Crippen LogP contribution in [0.3, 0.4) is 0 Å². The molecule has 1 aromatic heterocycles. The van der Waals surface area contributed by atoms with E-state index in [4.69, 9.17) is 4.52 Å². The summed E-state index contributed by atoms with van der Waals surface area (Å²) in [4.78, 5) is 12.2. The van der Waals surface area contributed by atoms with Gasteiger partial charge in [0.25, 0.3) is 5.91 Å². The van der Waals surface area contributed by atoms with Gasteiger partial charge in [0.1, 0.15) is 11.3 Å². The van der Waals surface area contributed by atoms with Crippen molar-refractivity contribution in [1.29, 1.82) is 0 Å². The molecule has 1 aliphatic heterocycles. The van der Waals surface area contributed by atoms with Crippen LogP contribution in [-0.4, -0.2) is 36.9 Å². The van der Waals surface area contributed by atoms with Crippen LogP contribution in [0.4, 0.5) is 24.5 Å². The number of carbonyl (C=O) groups excluding carboxylic acids is 1. The molecule has 0 bridgehead atoms. The number of carbonyl (C=O) groups is 1. The van der Waals surface area contributed by atoms with Crippen molar-refractivity contribution >= 4 is 27.5 Å². The molecule has 1 unspecified atom stereocenters. The Labute approximate surface area is 171 Å². The SMILES string of the molecule is Cc1oncc1C(=O)Nc1ccc(NS(=O)(=O)N2CCCC(C)C2)c(C(F)(F)F)c1. The van der Waals surface area contributed by atoms with Gasteiger partial charge in [0.05, 0.1) is 17.4 Å². The fourth-order valence-corrected chi connectivity index (χ4v) is 4.63. The van der Waals surface area contributed by atoms with Crippen molar-refractivity contribution in [2.45, 2.75) is 32.9 Å². The fraction of sp³-hybridized carbons (Fsp3) is 0.444. The van der Waals surface area contributed by atoms with E-state index in [1.807, 2.05) is 11.6 Å². The third-order valence-corrected chi connectivity index (χ3v) is 6.27. The van der Waals surface area contributed by atoms with Gasteiger partial charge in [0.15, 0.2) is 0 Å². The first kappa shape index (κ1) is 22.1. The topological polar surface area (TPSA) is 105 Å². The molecule has 0 spiro atoms. The summed E-state index contributed by atoms with van der Waals surface area (Å²) in [7, 11) is -4.15. The summed E-state index contributed by atoms with van der Waals surface area (Å²) < 4.78 is 73.9. The second-order valence-electron chi connectivity index (χ2n) is 7.22. The third kappa shape index (κ3) is 4.93. The van der Waals surface area contributed by atoms with Crippen LogP contribution in [0.1, 0.15) is 41.4 Å². The quantitative estimate of drug-likeness (QED) is 0.730. The molecule has 164 valence electrons. The van der Waals surface area contributed by atoms with Crippen molar-refractivity contribution in [1.82, 2.24) is 9.46 Å². The number of nitrogens with zero attached hydrogens (tertiary/aromatic N) is 2. The number of hydrogen-bond donors (Lipinski definition) is 2. The van der Waals surface area contributed by atoms with Crippen LogP contribution < -0.4 is 10.0 Å². The number of piperidine rings is 1. The predicted octanol–water partition coefficient (Wildman–Crippen LogP) is 3.64. The monoisotopic (exact) mass is 446 g/mol. The average molecular weight is 446 g/mol. The van der Waals surface area contributed by atoms with Gasteiger partial charge in [-0.2, -0.15) is 25.9 Å². The molecule has 1 fully saturated rings. The smallest absolute Gasteiger partial charge is 0.361 e. The molecule has 0 aliphatic carbocycles. The van der Waals surface area contributed by atoms with Crippen molar-refractivity contribution in [3.8, 4) is 0 Å². The lowest BCUT2D eigenvalue weighted by Gasteiger charge is -2.30. The molecule has 1 amide bonds. The van der Waals surface area contributed by atoms with Gasteiger partial charge in [-0.3, -0.25) is 9.52 Å². The van der Waals surface area contributed by atoms with Crippen LogP contribution in [-0.2, 0) is 16.4 Å². The Bertz CT molecular complexity index is 1040. The number of halogens is 3. The highest BCUT2D eigenvalue weighted by molar-refractivity contribution is 7.90. The van der Waals surface area contributed by atoms with Gasteiger partial charge in [0.2, 0.25) is 0 Å². The van der Waals surface area contributed by atoms with E-state index in [0.717, 1.165) is 23.0 Å². The van der Waals surface area contributed by atoms with E-state index < -0.39 is 33.5 Å². The Hall–Kier alpha value is -2.60. The lowest BCUT2D eigenvalue weighted by atomic mass is 10.0. The zero-order valence-corrected chi connectivity index (χ0v) is 17.1. The second kappa shape index (κ2) is 8.26. The number of nitrogens with one attached hydrogen (secondary N) is 2. The van der Waals surface area contributed by atoms with E-state index in [1.54, 1.807) is 0 Å². The highest BCUT2D eigenvalue weighted by atomic mass is 32.2. The Balaban J connectivity index is 1.86. The van der Waals surface area contributed by atoms with Gasteiger partial charge in [-0.1, -0.05) is 12.1 Å². The van der Waals surface area contributed by atoms with Crippen LogP contribution in [0.2, 0.25) is 0 Å². The summed E-state index contributed by atoms with van der Waals surface area (Å²) >= 11 is 0. The Morgan fingerprint density at radius 1 is 1.33 bits per heavy atom. The maximum atomic E-state index is 13.6. The van der Waals surface area contributed by atoms with E-state index in [2.05, 4.69) is 10.5 Å². The summed E-state index contributed by atoms with van der Waals surface area (Å²) in [6.07, 6.45) is -2.19. The van der Waals surface area contributed by atoms with Crippen molar-refractivity contribution < 1.29 is 30.9 Å². The molecule has 1 atom stereocenters. The van der Waals surface area contributed by atoms with E-state index in [1.165, 1.54) is 13.0 Å². The summed E-state index contributed by atoms with van der Waals surface area (Å²) in [5.74, 6) is -0.364. The van der Waals surface area contributed by atoms with Crippen LogP contribution in [0, 0.1) is 12.8 Å². The van der Waals surface area contributed by atoms with E-state index >= 15 is 0 Å². The number of rotatable bonds is 5. The lowest BCUT2D eigenvalue weighted by Crippen LogP contribution is -2.42. The first-order valence-electron chi connectivity index (χ1n) is 9.19. The zero-order chi connectivity index (χ0) is 22.1. The molecule has 0 radical (unpaired) electrons. The minimum Gasteiger partial charge on any atom is -0.361 e. The summed E-state index contributed by atoms with van der Waals surface area (Å²) in [5.41, 5.74) is -1.90. The average Bonchev–Trinajstić information content (AvgIpc) is 3.08. The molecule has 0 saturated carbocycles. The van der Waals surface area contributed by atoms with Crippen LogP contribution in [0.5, 0.6) is 0 Å². The molecule has 2 aromatic rings. The molecular formula is C18H21F3N4O4S. The van der Waals surface area contributed by atoms with Crippen molar-refractivity contribution in [3.63, 3.8) is 0 Å². The molecule has 1 aromatic carbocycles. The number of anilines is 2. The molecule has 2 heterocycles. The van der Waals surface area contributed by atoms with Crippen LogP contribution >= 0.6 is 0 Å². The molecule has 30 heavy (non-hydrogen) atoms. The molecule has 8 nitrogen and oxygen atoms in total. The highest BCUT2D eigenvalue weighted by Crippen LogP contribution is 2.37. The van der Waals surface area contributed by atoms with E-state index in [-0.39, 0.29) is 36.0 Å². The van der Waals surface area contributed by atoms with Crippen molar-refractivity contribution in [2.75, 3.05) is 23.1 Å². The van der Waals surface area contributed by atoms with Gasteiger partial charge in [-0.05, 0) is 43.9 Å². The molecule has 1 aliphatic rings. The first-order valence-corrected chi connectivity index (χ1v) is 10.6. The number of aryl methyl sites for hydroxylation is 1. The van der Waals surface area contributed by atoms with Gasteiger partial charge in [-0.25, -0.2) is 0 Å². The largest absolute Gasteiger partial charge is 0.418 e. The Kier molecular flexibility index (Phi) is 6.09. The van der Waals surface area contributed by atoms with Gasteiger partial charge < -0.3 is 9.84 Å². The fourth-order valence-electron chi connectivity index (χ4n) is 3.23. The molecule has 2 N–H and O–H groups in total. The lowest BCUT2D eigenvalue weighted by molar-refractivity contribution is -0.136. The van der Waals surface area contributed by atoms with Gasteiger partial charge in [0, 0.05) is 18.8 Å². The minimum absolute atomic E-state index is 0.0764. The normalized spacial score (nSPS) is 18.2. The standard InChI is InChI=1S/C18H21F3N4O4S/c1-11-4-3-7-25(10-11)30(27,28)24-16-6-5-13(8-15(16)18(19,20)21)23-17(26)14-9-22-29-12(14)2/h5-6,8-9,11,24H,3-4,7,10H2,1-2H3,(H,23,26). The summed E-state index contributed by atoms with van der Waals surface area (Å²) in [5, 5.41) is 5.78. The maximum Gasteiger partial charge on any atom is 0.418 e. The van der Waals surface area contributed by atoms with Crippen LogP contribution in [0.15, 0.2) is 28.9 Å². The number of benzene rings is 1. The van der Waals surface area contributed by atoms with E-state index in [9.17, 15) is 26.4 Å². The molecule has 12 heteroatoms. The molecule has 1 saturated heterocycles. The first-order chi connectivity index (χ1) is 14.0. The van der Waals surface area contributed by atoms with Crippen molar-refractivity contribution in [3.05, 3.63) is 41.3 Å². The summed E-state index contributed by atoms with van der Waals surface area (Å²) in [6, 6.07) is 2.84. The van der Waals surface area contributed by atoms with Crippen LogP contribution in [0.25, 0.3) is 0 Å². The second-order valence-corrected chi connectivity index (χ2v) is 8.89. The number of amides is 1. The Morgan fingerprint density at radius 3 is 2.67 bits per heavy atom. The Morgan fingerprint density at radius 2 is 2.07 bits per heavy atom.